The maximum atomic E-state index is 13.2. The van der Waals surface area contributed by atoms with Gasteiger partial charge >= 0.3 is 0 Å². The molecule has 3 aliphatic heterocycles. The summed E-state index contributed by atoms with van der Waals surface area (Å²) in [5.74, 6) is 0.115. The highest BCUT2D eigenvalue weighted by molar-refractivity contribution is 7.89. The average Bonchev–Trinajstić information content (AvgIpc) is 2.94. The monoisotopic (exact) mass is 365 g/mol. The van der Waals surface area contributed by atoms with Crippen LogP contribution in [0.2, 0.25) is 0 Å². The number of carbonyl (C=O) groups is 1. The lowest BCUT2D eigenvalue weighted by Gasteiger charge is -2.35. The van der Waals surface area contributed by atoms with Gasteiger partial charge in [0, 0.05) is 38.3 Å². The van der Waals surface area contributed by atoms with Crippen LogP contribution in [0, 0.1) is 5.92 Å². The van der Waals surface area contributed by atoms with E-state index in [0.29, 0.717) is 30.6 Å². The van der Waals surface area contributed by atoms with E-state index in [0.717, 1.165) is 32.4 Å². The second-order valence-corrected chi connectivity index (χ2v) is 8.96. The molecule has 3 heterocycles. The van der Waals surface area contributed by atoms with Crippen LogP contribution < -0.4 is 5.32 Å². The van der Waals surface area contributed by atoms with E-state index in [9.17, 15) is 13.2 Å². The van der Waals surface area contributed by atoms with Crippen molar-refractivity contribution in [1.29, 1.82) is 0 Å². The lowest BCUT2D eigenvalue weighted by molar-refractivity contribution is 0.0963. The van der Waals surface area contributed by atoms with Gasteiger partial charge in [-0.1, -0.05) is 13.0 Å². The lowest BCUT2D eigenvalue weighted by atomic mass is 9.95. The maximum absolute atomic E-state index is 13.2. The van der Waals surface area contributed by atoms with Crippen molar-refractivity contribution in [3.8, 4) is 0 Å². The summed E-state index contributed by atoms with van der Waals surface area (Å²) in [5, 5.41) is 2.54. The first-order valence-corrected chi connectivity index (χ1v) is 10.5. The van der Waals surface area contributed by atoms with Gasteiger partial charge in [-0.25, -0.2) is 8.42 Å². The van der Waals surface area contributed by atoms with E-state index >= 15 is 0 Å². The first-order chi connectivity index (χ1) is 12.0. The predicted molar refractivity (Wildman–Crippen MR) is 97.0 cm³/mol. The zero-order valence-corrected chi connectivity index (χ0v) is 15.8. The second-order valence-electron chi connectivity index (χ2n) is 7.02. The van der Waals surface area contributed by atoms with E-state index in [-0.39, 0.29) is 10.8 Å². The fraction of sp³-hybridized carbons (Fsp3) is 0.611. The fourth-order valence-electron chi connectivity index (χ4n) is 3.98. The summed E-state index contributed by atoms with van der Waals surface area (Å²) in [4.78, 5) is 14.5. The second kappa shape index (κ2) is 7.43. The molecule has 0 aromatic heterocycles. The molecule has 1 amide bonds. The Morgan fingerprint density at radius 2 is 2.04 bits per heavy atom. The standard InChI is InChI=1S/C18H27N3O3S/c1-3-9-20-11-14-7-8-16(20)13-21(12-14)25(23,24)17-6-4-5-15(10-17)18(22)19-2/h4-6,10,14,16H,3,7-9,11-13H2,1-2H3,(H,19,22). The van der Waals surface area contributed by atoms with Gasteiger partial charge in [-0.2, -0.15) is 4.31 Å². The lowest BCUT2D eigenvalue weighted by Crippen LogP contribution is -2.44. The van der Waals surface area contributed by atoms with Gasteiger partial charge in [0.2, 0.25) is 10.0 Å². The molecule has 138 valence electrons. The van der Waals surface area contributed by atoms with E-state index in [2.05, 4.69) is 17.1 Å². The number of fused-ring (bicyclic) bond motifs is 4. The summed E-state index contributed by atoms with van der Waals surface area (Å²) in [7, 11) is -2.05. The van der Waals surface area contributed by atoms with Crippen LogP contribution in [0.25, 0.3) is 0 Å². The fourth-order valence-corrected chi connectivity index (χ4v) is 5.58. The minimum absolute atomic E-state index is 0.206. The van der Waals surface area contributed by atoms with E-state index < -0.39 is 10.0 Å². The molecule has 2 unspecified atom stereocenters. The molecule has 0 saturated carbocycles. The van der Waals surface area contributed by atoms with Crippen LogP contribution in [-0.4, -0.2) is 62.8 Å². The van der Waals surface area contributed by atoms with Crippen LogP contribution in [0.15, 0.2) is 29.2 Å². The number of hydrogen-bond acceptors (Lipinski definition) is 4. The highest BCUT2D eigenvalue weighted by Gasteiger charge is 2.39. The van der Waals surface area contributed by atoms with Gasteiger partial charge in [0.15, 0.2) is 0 Å². The summed E-state index contributed by atoms with van der Waals surface area (Å²) < 4.78 is 28.0. The number of piperidine rings is 1. The van der Waals surface area contributed by atoms with Gasteiger partial charge in [-0.3, -0.25) is 9.69 Å². The summed E-state index contributed by atoms with van der Waals surface area (Å²) in [6.07, 6.45) is 3.24. The van der Waals surface area contributed by atoms with Gasteiger partial charge < -0.3 is 5.32 Å². The van der Waals surface area contributed by atoms with Crippen molar-refractivity contribution in [3.63, 3.8) is 0 Å². The first-order valence-electron chi connectivity index (χ1n) is 9.02. The van der Waals surface area contributed by atoms with Crippen LogP contribution >= 0.6 is 0 Å². The Bertz CT molecular complexity index is 735. The Morgan fingerprint density at radius 1 is 1.24 bits per heavy atom. The van der Waals surface area contributed by atoms with E-state index in [1.54, 1.807) is 22.5 Å². The number of carbonyl (C=O) groups excluding carboxylic acids is 1. The third-order valence-corrected chi connectivity index (χ3v) is 7.09. The van der Waals surface area contributed by atoms with Crippen LogP contribution in [0.1, 0.15) is 36.5 Å². The summed E-state index contributed by atoms with van der Waals surface area (Å²) in [6.45, 7) is 5.30. The molecule has 3 fully saturated rings. The number of nitrogens with one attached hydrogen (secondary N) is 1. The van der Waals surface area contributed by atoms with Crippen molar-refractivity contribution < 1.29 is 13.2 Å². The third-order valence-electron chi connectivity index (χ3n) is 5.27. The molecule has 0 spiro atoms. The van der Waals surface area contributed by atoms with Crippen molar-refractivity contribution in [1.82, 2.24) is 14.5 Å². The molecule has 25 heavy (non-hydrogen) atoms. The van der Waals surface area contributed by atoms with Crippen LogP contribution in [0.5, 0.6) is 0 Å². The van der Waals surface area contributed by atoms with Crippen molar-refractivity contribution in [3.05, 3.63) is 29.8 Å². The van der Waals surface area contributed by atoms with E-state index in [1.165, 1.54) is 13.1 Å². The van der Waals surface area contributed by atoms with Crippen molar-refractivity contribution in [2.75, 3.05) is 33.2 Å². The summed E-state index contributed by atoms with van der Waals surface area (Å²) in [6, 6.07) is 6.62. The predicted octanol–water partition coefficient (Wildman–Crippen LogP) is 1.54. The van der Waals surface area contributed by atoms with Gasteiger partial charge in [-0.15, -0.1) is 0 Å². The third kappa shape index (κ3) is 3.73. The van der Waals surface area contributed by atoms with Gasteiger partial charge in [0.25, 0.3) is 5.91 Å². The number of nitrogens with zero attached hydrogens (tertiary/aromatic N) is 2. The molecule has 0 aliphatic carbocycles. The number of rotatable bonds is 5. The van der Waals surface area contributed by atoms with Gasteiger partial charge in [-0.05, 0) is 49.9 Å². The minimum Gasteiger partial charge on any atom is -0.355 e. The quantitative estimate of drug-likeness (QED) is 0.859. The maximum Gasteiger partial charge on any atom is 0.251 e. The van der Waals surface area contributed by atoms with Crippen LogP contribution in [0.3, 0.4) is 0 Å². The zero-order chi connectivity index (χ0) is 18.0. The minimum atomic E-state index is -3.59. The summed E-state index contributed by atoms with van der Waals surface area (Å²) in [5.41, 5.74) is 0.369. The number of benzene rings is 1. The van der Waals surface area contributed by atoms with E-state index in [4.69, 9.17) is 0 Å². The molecular formula is C18H27N3O3S. The van der Waals surface area contributed by atoms with Crippen molar-refractivity contribution in [2.24, 2.45) is 5.92 Å². The zero-order valence-electron chi connectivity index (χ0n) is 14.9. The Balaban J connectivity index is 1.87. The Labute approximate surface area is 150 Å². The highest BCUT2D eigenvalue weighted by atomic mass is 32.2. The molecule has 1 N–H and O–H groups in total. The van der Waals surface area contributed by atoms with Gasteiger partial charge in [0.05, 0.1) is 4.90 Å². The number of hydrogen-bond donors (Lipinski definition) is 1. The van der Waals surface area contributed by atoms with Crippen LogP contribution in [-0.2, 0) is 10.0 Å². The molecular weight excluding hydrogens is 338 g/mol. The largest absolute Gasteiger partial charge is 0.355 e. The van der Waals surface area contributed by atoms with Crippen molar-refractivity contribution >= 4 is 15.9 Å². The Kier molecular flexibility index (Phi) is 5.46. The average molecular weight is 365 g/mol. The van der Waals surface area contributed by atoms with E-state index in [1.807, 2.05) is 0 Å². The normalized spacial score (nSPS) is 24.9. The molecule has 2 atom stereocenters. The highest BCUT2D eigenvalue weighted by Crippen LogP contribution is 2.31. The molecule has 2 bridgehead atoms. The molecule has 0 radical (unpaired) electrons. The number of amides is 1. The molecule has 3 aliphatic rings. The molecule has 1 aromatic carbocycles. The molecule has 4 rings (SSSR count). The first kappa shape index (κ1) is 18.4. The van der Waals surface area contributed by atoms with Gasteiger partial charge in [0.1, 0.15) is 0 Å². The molecule has 1 aromatic rings. The molecule has 7 heteroatoms. The van der Waals surface area contributed by atoms with Crippen LogP contribution in [0.4, 0.5) is 0 Å². The molecule has 6 nitrogen and oxygen atoms in total. The Morgan fingerprint density at radius 3 is 2.76 bits per heavy atom. The summed E-state index contributed by atoms with van der Waals surface area (Å²) >= 11 is 0. The molecule has 3 saturated heterocycles. The Hall–Kier alpha value is -1.44. The topological polar surface area (TPSA) is 69.7 Å². The number of sulfonamides is 1. The SMILES string of the molecule is CCCN1CC2CCC1CN(S(=O)(=O)c1cccc(C(=O)NC)c1)C2. The van der Waals surface area contributed by atoms with Crippen molar-refractivity contribution in [2.45, 2.75) is 37.1 Å². The smallest absolute Gasteiger partial charge is 0.251 e.